The molecule has 0 bridgehead atoms. The third-order valence-electron chi connectivity index (χ3n) is 5.82. The molecule has 0 unspecified atom stereocenters. The van der Waals surface area contributed by atoms with Gasteiger partial charge in [0, 0.05) is 33.9 Å². The summed E-state index contributed by atoms with van der Waals surface area (Å²) in [6, 6.07) is 23.0. The Kier molecular flexibility index (Phi) is 5.04. The van der Waals surface area contributed by atoms with Crippen molar-refractivity contribution in [3.05, 3.63) is 94.6 Å². The van der Waals surface area contributed by atoms with Crippen molar-refractivity contribution in [1.82, 2.24) is 9.88 Å². The number of rotatable bonds is 3. The number of para-hydroxylation sites is 1. The van der Waals surface area contributed by atoms with Crippen LogP contribution in [0.1, 0.15) is 22.9 Å². The number of methoxy groups -OCH3 is 1. The Morgan fingerprint density at radius 2 is 1.81 bits per heavy atom. The number of hydrogen-bond donors (Lipinski definition) is 2. The number of H-pyrrole nitrogens is 1. The summed E-state index contributed by atoms with van der Waals surface area (Å²) >= 11 is 5.98. The Labute approximate surface area is 185 Å². The number of benzene rings is 3. The predicted octanol–water partition coefficient (Wildman–Crippen LogP) is 6.01. The van der Waals surface area contributed by atoms with E-state index in [2.05, 4.69) is 28.5 Å². The highest BCUT2D eigenvalue weighted by molar-refractivity contribution is 6.30. The minimum atomic E-state index is -0.227. The van der Waals surface area contributed by atoms with Gasteiger partial charge in [0.15, 0.2) is 0 Å². The van der Waals surface area contributed by atoms with Crippen molar-refractivity contribution >= 4 is 34.2 Å². The number of aromatic amines is 1. The molecule has 1 aromatic heterocycles. The van der Waals surface area contributed by atoms with E-state index < -0.39 is 0 Å². The SMILES string of the molecule is COc1ccc([C@H]2c3[nH]c4ccccc4c3CCN2C(=O)Nc2ccc(Cl)cc2)cc1. The molecule has 0 saturated carbocycles. The average Bonchev–Trinajstić information content (AvgIpc) is 3.19. The second-order valence-corrected chi connectivity index (χ2v) is 8.06. The first-order chi connectivity index (χ1) is 15.1. The van der Waals surface area contributed by atoms with E-state index in [9.17, 15) is 4.79 Å². The Balaban J connectivity index is 1.56. The molecule has 156 valence electrons. The molecular weight excluding hydrogens is 410 g/mol. The summed E-state index contributed by atoms with van der Waals surface area (Å²) in [7, 11) is 1.65. The van der Waals surface area contributed by atoms with Gasteiger partial charge in [0.1, 0.15) is 5.75 Å². The summed E-state index contributed by atoms with van der Waals surface area (Å²) in [5.41, 5.74) is 5.16. The molecule has 0 aliphatic carbocycles. The lowest BCUT2D eigenvalue weighted by Crippen LogP contribution is -2.43. The van der Waals surface area contributed by atoms with Crippen LogP contribution in [-0.4, -0.2) is 29.6 Å². The van der Waals surface area contributed by atoms with Crippen LogP contribution in [0.4, 0.5) is 10.5 Å². The van der Waals surface area contributed by atoms with E-state index in [1.807, 2.05) is 35.2 Å². The molecule has 0 fully saturated rings. The number of hydrogen-bond acceptors (Lipinski definition) is 2. The number of urea groups is 1. The predicted molar refractivity (Wildman–Crippen MR) is 124 cm³/mol. The third-order valence-corrected chi connectivity index (χ3v) is 6.07. The quantitative estimate of drug-likeness (QED) is 0.417. The van der Waals surface area contributed by atoms with Crippen molar-refractivity contribution in [1.29, 1.82) is 0 Å². The normalized spacial score (nSPS) is 15.5. The van der Waals surface area contributed by atoms with Gasteiger partial charge in [-0.25, -0.2) is 4.79 Å². The maximum Gasteiger partial charge on any atom is 0.322 e. The van der Waals surface area contributed by atoms with Gasteiger partial charge in [-0.2, -0.15) is 0 Å². The molecule has 2 N–H and O–H groups in total. The van der Waals surface area contributed by atoms with Gasteiger partial charge < -0.3 is 19.9 Å². The maximum absolute atomic E-state index is 13.3. The number of aromatic nitrogens is 1. The van der Waals surface area contributed by atoms with E-state index >= 15 is 0 Å². The first-order valence-electron chi connectivity index (χ1n) is 10.2. The Hall–Kier alpha value is -3.44. The van der Waals surface area contributed by atoms with Gasteiger partial charge in [-0.15, -0.1) is 0 Å². The zero-order valence-corrected chi connectivity index (χ0v) is 17.8. The second-order valence-electron chi connectivity index (χ2n) is 7.62. The topological polar surface area (TPSA) is 57.4 Å². The van der Waals surface area contributed by atoms with Crippen LogP contribution in [0.2, 0.25) is 5.02 Å². The molecule has 6 heteroatoms. The van der Waals surface area contributed by atoms with Crippen LogP contribution in [0.15, 0.2) is 72.8 Å². The maximum atomic E-state index is 13.3. The Morgan fingerprint density at radius 3 is 2.55 bits per heavy atom. The molecule has 31 heavy (non-hydrogen) atoms. The Bertz CT molecular complexity index is 1230. The molecule has 5 rings (SSSR count). The van der Waals surface area contributed by atoms with Crippen LogP contribution in [0.25, 0.3) is 10.9 Å². The second kappa shape index (κ2) is 8.00. The van der Waals surface area contributed by atoms with Gasteiger partial charge >= 0.3 is 6.03 Å². The van der Waals surface area contributed by atoms with Crippen LogP contribution in [0.3, 0.4) is 0 Å². The molecular formula is C25H22ClN3O2. The summed E-state index contributed by atoms with van der Waals surface area (Å²) in [5, 5.41) is 4.87. The molecule has 1 aliphatic heterocycles. The van der Waals surface area contributed by atoms with E-state index in [1.165, 1.54) is 10.9 Å². The molecule has 0 saturated heterocycles. The lowest BCUT2D eigenvalue weighted by Gasteiger charge is -2.36. The molecule has 1 aliphatic rings. The van der Waals surface area contributed by atoms with Crippen LogP contribution >= 0.6 is 11.6 Å². The van der Waals surface area contributed by atoms with Crippen LogP contribution in [0.5, 0.6) is 5.75 Å². The number of nitrogens with one attached hydrogen (secondary N) is 2. The van der Waals surface area contributed by atoms with E-state index in [-0.39, 0.29) is 12.1 Å². The number of nitrogens with zero attached hydrogens (tertiary/aromatic N) is 1. The van der Waals surface area contributed by atoms with Gasteiger partial charge in [0.05, 0.1) is 13.2 Å². The lowest BCUT2D eigenvalue weighted by atomic mass is 9.92. The summed E-state index contributed by atoms with van der Waals surface area (Å²) in [5.74, 6) is 0.786. The number of halogens is 1. The fourth-order valence-electron chi connectivity index (χ4n) is 4.32. The molecule has 3 aromatic carbocycles. The largest absolute Gasteiger partial charge is 0.497 e. The smallest absolute Gasteiger partial charge is 0.322 e. The summed E-state index contributed by atoms with van der Waals surface area (Å²) in [6.07, 6.45) is 0.792. The fourth-order valence-corrected chi connectivity index (χ4v) is 4.45. The fraction of sp³-hybridized carbons (Fsp3) is 0.160. The average molecular weight is 432 g/mol. The van der Waals surface area contributed by atoms with Gasteiger partial charge in [0.25, 0.3) is 0 Å². The minimum Gasteiger partial charge on any atom is -0.497 e. The van der Waals surface area contributed by atoms with Crippen molar-refractivity contribution in [2.45, 2.75) is 12.5 Å². The minimum absolute atomic E-state index is 0.146. The number of carbonyl (C=O) groups is 1. The van der Waals surface area contributed by atoms with Gasteiger partial charge in [-0.3, -0.25) is 0 Å². The molecule has 2 heterocycles. The number of amides is 2. The molecule has 0 spiro atoms. The summed E-state index contributed by atoms with van der Waals surface area (Å²) in [6.45, 7) is 0.616. The summed E-state index contributed by atoms with van der Waals surface area (Å²) in [4.78, 5) is 18.8. The zero-order valence-electron chi connectivity index (χ0n) is 17.1. The standard InChI is InChI=1S/C25H22ClN3O2/c1-31-19-12-6-16(7-13-19)24-23-21(20-4-2-3-5-22(20)28-23)14-15-29(24)25(30)27-18-10-8-17(26)9-11-18/h2-13,24,28H,14-15H2,1H3,(H,27,30)/t24-/m0/s1. The van der Waals surface area contributed by atoms with E-state index in [4.69, 9.17) is 16.3 Å². The lowest BCUT2D eigenvalue weighted by molar-refractivity contribution is 0.193. The van der Waals surface area contributed by atoms with Crippen LogP contribution in [0, 0.1) is 0 Å². The number of anilines is 1. The Morgan fingerprint density at radius 1 is 1.06 bits per heavy atom. The highest BCUT2D eigenvalue weighted by Crippen LogP contribution is 2.39. The molecule has 2 amide bonds. The molecule has 5 nitrogen and oxygen atoms in total. The van der Waals surface area contributed by atoms with Crippen molar-refractivity contribution in [2.24, 2.45) is 0 Å². The monoisotopic (exact) mass is 431 g/mol. The van der Waals surface area contributed by atoms with Crippen LogP contribution < -0.4 is 10.1 Å². The van der Waals surface area contributed by atoms with Gasteiger partial charge in [-0.05, 0) is 60.0 Å². The van der Waals surface area contributed by atoms with Gasteiger partial charge in [0.2, 0.25) is 0 Å². The number of ether oxygens (including phenoxy) is 1. The molecule has 1 atom stereocenters. The number of carbonyl (C=O) groups excluding carboxylic acids is 1. The molecule has 0 radical (unpaired) electrons. The van der Waals surface area contributed by atoms with Gasteiger partial charge in [-0.1, -0.05) is 41.9 Å². The van der Waals surface area contributed by atoms with Crippen molar-refractivity contribution in [2.75, 3.05) is 19.0 Å². The first kappa shape index (κ1) is 19.5. The molecule has 4 aromatic rings. The van der Waals surface area contributed by atoms with Crippen LogP contribution in [-0.2, 0) is 6.42 Å². The van der Waals surface area contributed by atoms with Crippen molar-refractivity contribution in [3.63, 3.8) is 0 Å². The highest BCUT2D eigenvalue weighted by Gasteiger charge is 2.34. The zero-order chi connectivity index (χ0) is 21.4. The van der Waals surface area contributed by atoms with E-state index in [0.717, 1.165) is 28.9 Å². The number of fused-ring (bicyclic) bond motifs is 3. The van der Waals surface area contributed by atoms with Crippen molar-refractivity contribution < 1.29 is 9.53 Å². The third kappa shape index (κ3) is 3.62. The van der Waals surface area contributed by atoms with Crippen molar-refractivity contribution in [3.8, 4) is 5.75 Å². The van der Waals surface area contributed by atoms with E-state index in [1.54, 1.807) is 31.4 Å². The first-order valence-corrected chi connectivity index (χ1v) is 10.6. The van der Waals surface area contributed by atoms with E-state index in [0.29, 0.717) is 17.3 Å². The summed E-state index contributed by atoms with van der Waals surface area (Å²) < 4.78 is 5.33. The highest BCUT2D eigenvalue weighted by atomic mass is 35.5.